The second-order valence-electron chi connectivity index (χ2n) is 7.75. The molecule has 1 amide bonds. The topological polar surface area (TPSA) is 133 Å². The summed E-state index contributed by atoms with van der Waals surface area (Å²) in [7, 11) is 0. The largest absolute Gasteiger partial charge is 0.446 e. The predicted octanol–water partition coefficient (Wildman–Crippen LogP) is 3.03. The lowest BCUT2D eigenvalue weighted by atomic mass is 10.0. The Balaban J connectivity index is 1.41. The van der Waals surface area contributed by atoms with Gasteiger partial charge in [0.15, 0.2) is 11.6 Å². The van der Waals surface area contributed by atoms with Gasteiger partial charge in [-0.1, -0.05) is 0 Å². The number of nitrogens with one attached hydrogen (secondary N) is 3. The first kappa shape index (κ1) is 19.7. The highest BCUT2D eigenvalue weighted by molar-refractivity contribution is 5.72. The summed E-state index contributed by atoms with van der Waals surface area (Å²) in [5.74, 6) is 1.52. The minimum absolute atomic E-state index is 0.0563. The second kappa shape index (κ2) is 8.41. The average molecular weight is 408 g/mol. The third-order valence-corrected chi connectivity index (χ3v) is 5.05. The lowest BCUT2D eigenvalue weighted by molar-refractivity contribution is 0.0981. The number of aromatic amines is 1. The van der Waals surface area contributed by atoms with Gasteiger partial charge in [0.05, 0.1) is 18.2 Å². The van der Waals surface area contributed by atoms with Crippen molar-refractivity contribution in [2.75, 3.05) is 5.32 Å². The van der Waals surface area contributed by atoms with E-state index in [0.717, 1.165) is 30.5 Å². The Kier molecular flexibility index (Phi) is 5.52. The first-order chi connectivity index (χ1) is 14.5. The summed E-state index contributed by atoms with van der Waals surface area (Å²) in [4.78, 5) is 16.2. The summed E-state index contributed by atoms with van der Waals surface area (Å²) < 4.78 is 7.20. The number of rotatable bonds is 6. The van der Waals surface area contributed by atoms with Gasteiger partial charge in [-0.2, -0.15) is 15.5 Å². The molecule has 3 heterocycles. The SMILES string of the molecule is CC(C)NC(=O)O[C@@H]1CC[C@H](c2cc(Nc3nccn4nc(CC#N)cc34)n[nH]2)C1. The number of carbonyl (C=O) groups is 1. The molecule has 0 bridgehead atoms. The van der Waals surface area contributed by atoms with Crippen LogP contribution in [-0.2, 0) is 11.2 Å². The number of amides is 1. The zero-order valence-corrected chi connectivity index (χ0v) is 16.9. The minimum Gasteiger partial charge on any atom is -0.446 e. The molecule has 0 aromatic carbocycles. The number of hydrogen-bond acceptors (Lipinski definition) is 7. The number of aromatic nitrogens is 5. The summed E-state index contributed by atoms with van der Waals surface area (Å²) >= 11 is 0. The maximum Gasteiger partial charge on any atom is 0.407 e. The smallest absolute Gasteiger partial charge is 0.407 e. The normalized spacial score (nSPS) is 18.5. The Bertz CT molecular complexity index is 1080. The first-order valence-electron chi connectivity index (χ1n) is 10.0. The molecule has 0 radical (unpaired) electrons. The van der Waals surface area contributed by atoms with Crippen LogP contribution >= 0.6 is 0 Å². The fraction of sp³-hybridized carbons (Fsp3) is 0.450. The Labute approximate surface area is 173 Å². The van der Waals surface area contributed by atoms with Crippen LogP contribution in [0.15, 0.2) is 24.5 Å². The lowest BCUT2D eigenvalue weighted by Crippen LogP contribution is -2.33. The van der Waals surface area contributed by atoms with Gasteiger partial charge in [-0.15, -0.1) is 0 Å². The number of nitrogens with zero attached hydrogens (tertiary/aromatic N) is 5. The standard InChI is InChI=1S/C20H24N8O2/c1-12(2)23-20(29)30-15-4-3-13(9-15)16-11-18(26-25-16)24-19-17-10-14(5-6-21)27-28(17)8-7-22-19/h7-8,10-13,15H,3-5,9H2,1-2H3,(H,23,29)(H2,22,24,25,26)/t13-,15+/m0/s1. The number of nitriles is 1. The van der Waals surface area contributed by atoms with E-state index >= 15 is 0 Å². The molecule has 0 unspecified atom stereocenters. The zero-order valence-electron chi connectivity index (χ0n) is 16.9. The van der Waals surface area contributed by atoms with Crippen LogP contribution in [0.2, 0.25) is 0 Å². The van der Waals surface area contributed by atoms with E-state index < -0.39 is 0 Å². The highest BCUT2D eigenvalue weighted by atomic mass is 16.6. The van der Waals surface area contributed by atoms with Crippen molar-refractivity contribution >= 4 is 23.2 Å². The van der Waals surface area contributed by atoms with Gasteiger partial charge in [0.25, 0.3) is 0 Å². The maximum atomic E-state index is 11.8. The van der Waals surface area contributed by atoms with Crippen LogP contribution in [0, 0.1) is 11.3 Å². The molecular formula is C20H24N8O2. The molecule has 1 fully saturated rings. The molecule has 3 aromatic rings. The van der Waals surface area contributed by atoms with Gasteiger partial charge >= 0.3 is 6.09 Å². The Morgan fingerprint density at radius 3 is 3.10 bits per heavy atom. The molecule has 10 heteroatoms. The number of alkyl carbamates (subject to hydrolysis) is 1. The van der Waals surface area contributed by atoms with E-state index in [1.807, 2.05) is 26.0 Å². The molecule has 3 N–H and O–H groups in total. The van der Waals surface area contributed by atoms with Crippen molar-refractivity contribution in [1.82, 2.24) is 30.1 Å². The highest BCUT2D eigenvalue weighted by Crippen LogP contribution is 2.36. The van der Waals surface area contributed by atoms with Gasteiger partial charge in [0, 0.05) is 36.1 Å². The molecule has 30 heavy (non-hydrogen) atoms. The van der Waals surface area contributed by atoms with Crippen molar-refractivity contribution < 1.29 is 9.53 Å². The lowest BCUT2D eigenvalue weighted by Gasteiger charge is -2.14. The van der Waals surface area contributed by atoms with Crippen LogP contribution in [0.1, 0.15) is 50.4 Å². The van der Waals surface area contributed by atoms with Gasteiger partial charge in [-0.05, 0) is 39.2 Å². The summed E-state index contributed by atoms with van der Waals surface area (Å²) in [6.45, 7) is 3.81. The monoisotopic (exact) mass is 408 g/mol. The van der Waals surface area contributed by atoms with Crippen molar-refractivity contribution in [2.45, 2.75) is 57.6 Å². The molecule has 0 spiro atoms. The highest BCUT2D eigenvalue weighted by Gasteiger charge is 2.30. The van der Waals surface area contributed by atoms with Gasteiger partial charge in [0.2, 0.25) is 0 Å². The van der Waals surface area contributed by atoms with Crippen molar-refractivity contribution in [3.63, 3.8) is 0 Å². The Hall–Kier alpha value is -3.61. The van der Waals surface area contributed by atoms with Crippen molar-refractivity contribution in [3.8, 4) is 6.07 Å². The molecule has 4 rings (SSSR count). The molecule has 2 atom stereocenters. The van der Waals surface area contributed by atoms with Gasteiger partial charge in [0.1, 0.15) is 11.6 Å². The number of H-pyrrole nitrogens is 1. The van der Waals surface area contributed by atoms with Gasteiger partial charge < -0.3 is 15.4 Å². The molecule has 1 aliphatic carbocycles. The number of carbonyl (C=O) groups excluding carboxylic acids is 1. The molecule has 0 saturated heterocycles. The number of anilines is 2. The van der Waals surface area contributed by atoms with E-state index in [4.69, 9.17) is 10.00 Å². The van der Waals surface area contributed by atoms with E-state index in [-0.39, 0.29) is 30.6 Å². The van der Waals surface area contributed by atoms with Crippen LogP contribution in [0.4, 0.5) is 16.4 Å². The van der Waals surface area contributed by atoms with Crippen molar-refractivity contribution in [3.05, 3.63) is 35.9 Å². The summed E-state index contributed by atoms with van der Waals surface area (Å²) in [6.07, 6.45) is 5.70. The van der Waals surface area contributed by atoms with Gasteiger partial charge in [-0.25, -0.2) is 14.3 Å². The second-order valence-corrected chi connectivity index (χ2v) is 7.75. The minimum atomic E-state index is -0.363. The molecule has 3 aromatic heterocycles. The first-order valence-corrected chi connectivity index (χ1v) is 10.0. The van der Waals surface area contributed by atoms with Crippen LogP contribution in [0.5, 0.6) is 0 Å². The number of fused-ring (bicyclic) bond motifs is 1. The van der Waals surface area contributed by atoms with Gasteiger partial charge in [-0.3, -0.25) is 5.10 Å². The Morgan fingerprint density at radius 2 is 2.30 bits per heavy atom. The summed E-state index contributed by atoms with van der Waals surface area (Å²) in [5, 5.41) is 26.7. The van der Waals surface area contributed by atoms with Crippen LogP contribution in [-0.4, -0.2) is 43.0 Å². The fourth-order valence-electron chi connectivity index (χ4n) is 3.72. The molecule has 10 nitrogen and oxygen atoms in total. The molecule has 1 saturated carbocycles. The van der Waals surface area contributed by atoms with Crippen LogP contribution in [0.25, 0.3) is 5.52 Å². The van der Waals surface area contributed by atoms with E-state index in [0.29, 0.717) is 17.3 Å². The average Bonchev–Trinajstić information content (AvgIpc) is 3.41. The quantitative estimate of drug-likeness (QED) is 0.571. The molecule has 1 aliphatic rings. The summed E-state index contributed by atoms with van der Waals surface area (Å²) in [6, 6.07) is 5.96. The Morgan fingerprint density at radius 1 is 1.43 bits per heavy atom. The number of hydrogen-bond donors (Lipinski definition) is 3. The predicted molar refractivity (Wildman–Crippen MR) is 109 cm³/mol. The van der Waals surface area contributed by atoms with Crippen LogP contribution in [0.3, 0.4) is 0 Å². The van der Waals surface area contributed by atoms with Crippen LogP contribution < -0.4 is 10.6 Å². The zero-order chi connectivity index (χ0) is 21.1. The van der Waals surface area contributed by atoms with Crippen molar-refractivity contribution in [1.29, 1.82) is 5.26 Å². The van der Waals surface area contributed by atoms with E-state index in [9.17, 15) is 4.79 Å². The van der Waals surface area contributed by atoms with E-state index in [2.05, 4.69) is 37.0 Å². The third-order valence-electron chi connectivity index (χ3n) is 5.05. The molecular weight excluding hydrogens is 384 g/mol. The molecule has 156 valence electrons. The van der Waals surface area contributed by atoms with Crippen molar-refractivity contribution in [2.24, 2.45) is 0 Å². The molecule has 0 aliphatic heterocycles. The third kappa shape index (κ3) is 4.35. The number of ether oxygens (including phenoxy) is 1. The fourth-order valence-corrected chi connectivity index (χ4v) is 3.72. The maximum absolute atomic E-state index is 11.8. The van der Waals surface area contributed by atoms with E-state index in [1.54, 1.807) is 16.9 Å². The van der Waals surface area contributed by atoms with E-state index in [1.165, 1.54) is 0 Å². The summed E-state index contributed by atoms with van der Waals surface area (Å²) in [5.41, 5.74) is 2.46.